The summed E-state index contributed by atoms with van der Waals surface area (Å²) in [4.78, 5) is 0. The number of benzene rings is 1. The van der Waals surface area contributed by atoms with Crippen LogP contribution >= 0.6 is 0 Å². The zero-order chi connectivity index (χ0) is 10.7. The molecule has 0 aliphatic carbocycles. The fourth-order valence-electron chi connectivity index (χ4n) is 1.27. The smallest absolute Gasteiger partial charge is 0.126 e. The van der Waals surface area contributed by atoms with Gasteiger partial charge in [0.25, 0.3) is 0 Å². The van der Waals surface area contributed by atoms with E-state index in [1.165, 1.54) is 12.1 Å². The van der Waals surface area contributed by atoms with E-state index in [0.717, 1.165) is 0 Å². The van der Waals surface area contributed by atoms with Crippen molar-refractivity contribution in [3.05, 3.63) is 29.1 Å². The largest absolute Gasteiger partial charge is 0.508 e. The Kier molecular flexibility index (Phi) is 3.43. The molecule has 3 nitrogen and oxygen atoms in total. The molecule has 1 unspecified atom stereocenters. The summed E-state index contributed by atoms with van der Waals surface area (Å²) in [5, 5.41) is 18.1. The highest BCUT2D eigenvalue weighted by Gasteiger charge is 2.12. The van der Waals surface area contributed by atoms with Gasteiger partial charge in [-0.25, -0.2) is 4.39 Å². The molecule has 1 atom stereocenters. The summed E-state index contributed by atoms with van der Waals surface area (Å²) in [7, 11) is 0. The van der Waals surface area contributed by atoms with Crippen LogP contribution in [0.15, 0.2) is 12.1 Å². The molecule has 0 saturated carbocycles. The molecule has 0 saturated heterocycles. The maximum Gasteiger partial charge on any atom is 0.126 e. The van der Waals surface area contributed by atoms with Gasteiger partial charge >= 0.3 is 0 Å². The van der Waals surface area contributed by atoms with E-state index in [1.807, 2.05) is 0 Å². The highest BCUT2D eigenvalue weighted by Crippen LogP contribution is 2.27. The van der Waals surface area contributed by atoms with Crippen LogP contribution in [-0.2, 0) is 0 Å². The van der Waals surface area contributed by atoms with Crippen molar-refractivity contribution in [3.63, 3.8) is 0 Å². The molecule has 0 radical (unpaired) electrons. The van der Waals surface area contributed by atoms with Crippen LogP contribution in [0.25, 0.3) is 0 Å². The Hall–Kier alpha value is -1.13. The van der Waals surface area contributed by atoms with Crippen LogP contribution in [0.3, 0.4) is 0 Å². The second kappa shape index (κ2) is 4.39. The summed E-state index contributed by atoms with van der Waals surface area (Å²) in [5.74, 6) is -0.420. The third kappa shape index (κ3) is 2.21. The van der Waals surface area contributed by atoms with E-state index in [0.29, 0.717) is 17.5 Å². The maximum atomic E-state index is 13.1. The molecule has 78 valence electrons. The average Bonchev–Trinajstić information content (AvgIpc) is 2.11. The SMILES string of the molecule is Cc1cc(O)c(C(N)CCO)cc1F. The second-order valence-electron chi connectivity index (χ2n) is 3.28. The Bertz CT molecular complexity index is 328. The zero-order valence-corrected chi connectivity index (χ0v) is 8.00. The Balaban J connectivity index is 3.02. The average molecular weight is 199 g/mol. The van der Waals surface area contributed by atoms with Crippen LogP contribution in [0.5, 0.6) is 5.75 Å². The molecule has 1 rings (SSSR count). The highest BCUT2D eigenvalue weighted by atomic mass is 19.1. The monoisotopic (exact) mass is 199 g/mol. The number of halogens is 1. The lowest BCUT2D eigenvalue weighted by atomic mass is 10.0. The number of rotatable bonds is 3. The molecule has 0 fully saturated rings. The quantitative estimate of drug-likeness (QED) is 0.685. The first-order valence-corrected chi connectivity index (χ1v) is 4.41. The summed E-state index contributed by atoms with van der Waals surface area (Å²) < 4.78 is 13.1. The maximum absolute atomic E-state index is 13.1. The third-order valence-corrected chi connectivity index (χ3v) is 2.15. The van der Waals surface area contributed by atoms with Crippen molar-refractivity contribution in [2.45, 2.75) is 19.4 Å². The van der Waals surface area contributed by atoms with E-state index < -0.39 is 11.9 Å². The van der Waals surface area contributed by atoms with Gasteiger partial charge in [-0.15, -0.1) is 0 Å². The van der Waals surface area contributed by atoms with E-state index in [1.54, 1.807) is 6.92 Å². The standard InChI is InChI=1S/C10H14FNO2/c1-6-4-10(14)7(5-8(6)11)9(12)2-3-13/h4-5,9,13-14H,2-3,12H2,1H3. The summed E-state index contributed by atoms with van der Waals surface area (Å²) in [6, 6.07) is 2.02. The van der Waals surface area contributed by atoms with E-state index >= 15 is 0 Å². The molecular weight excluding hydrogens is 185 g/mol. The van der Waals surface area contributed by atoms with E-state index in [-0.39, 0.29) is 12.4 Å². The number of nitrogens with two attached hydrogens (primary N) is 1. The van der Waals surface area contributed by atoms with Crippen molar-refractivity contribution in [2.24, 2.45) is 5.73 Å². The third-order valence-electron chi connectivity index (χ3n) is 2.15. The molecule has 0 aliphatic rings. The molecule has 0 spiro atoms. The summed E-state index contributed by atoms with van der Waals surface area (Å²) in [6.07, 6.45) is 0.302. The van der Waals surface area contributed by atoms with Gasteiger partial charge < -0.3 is 15.9 Å². The topological polar surface area (TPSA) is 66.5 Å². The highest BCUT2D eigenvalue weighted by molar-refractivity contribution is 5.38. The number of aliphatic hydroxyl groups excluding tert-OH is 1. The number of aryl methyl sites for hydroxylation is 1. The van der Waals surface area contributed by atoms with Crippen molar-refractivity contribution >= 4 is 0 Å². The molecule has 14 heavy (non-hydrogen) atoms. The number of aliphatic hydroxyl groups is 1. The van der Waals surface area contributed by atoms with Gasteiger partial charge in [0.2, 0.25) is 0 Å². The lowest BCUT2D eigenvalue weighted by Crippen LogP contribution is -2.12. The van der Waals surface area contributed by atoms with Crippen molar-refractivity contribution in [1.82, 2.24) is 0 Å². The fraction of sp³-hybridized carbons (Fsp3) is 0.400. The molecule has 1 aromatic carbocycles. The molecule has 0 aliphatic heterocycles. The van der Waals surface area contributed by atoms with Crippen LogP contribution < -0.4 is 5.73 Å². The number of phenolic OH excluding ortho intramolecular Hbond substituents is 1. The lowest BCUT2D eigenvalue weighted by Gasteiger charge is -2.13. The minimum absolute atomic E-state index is 0.0233. The van der Waals surface area contributed by atoms with Crippen molar-refractivity contribution in [3.8, 4) is 5.75 Å². The summed E-state index contributed by atoms with van der Waals surface area (Å²) in [5.41, 5.74) is 6.35. The minimum atomic E-state index is -0.532. The van der Waals surface area contributed by atoms with Gasteiger partial charge in [0.15, 0.2) is 0 Å². The van der Waals surface area contributed by atoms with Gasteiger partial charge in [-0.1, -0.05) is 0 Å². The van der Waals surface area contributed by atoms with Crippen LogP contribution in [0.1, 0.15) is 23.6 Å². The lowest BCUT2D eigenvalue weighted by molar-refractivity contribution is 0.275. The first-order valence-electron chi connectivity index (χ1n) is 4.41. The normalized spacial score (nSPS) is 12.9. The van der Waals surface area contributed by atoms with Crippen LogP contribution in [-0.4, -0.2) is 16.8 Å². The molecule has 4 heteroatoms. The molecule has 0 aromatic heterocycles. The number of hydrogen-bond acceptors (Lipinski definition) is 3. The molecule has 4 N–H and O–H groups in total. The van der Waals surface area contributed by atoms with Crippen molar-refractivity contribution in [1.29, 1.82) is 0 Å². The summed E-state index contributed by atoms with van der Waals surface area (Å²) >= 11 is 0. The first-order chi connectivity index (χ1) is 6.56. The van der Waals surface area contributed by atoms with Crippen molar-refractivity contribution < 1.29 is 14.6 Å². The van der Waals surface area contributed by atoms with E-state index in [2.05, 4.69) is 0 Å². The minimum Gasteiger partial charge on any atom is -0.508 e. The molecule has 0 heterocycles. The molecule has 1 aromatic rings. The molecule has 0 amide bonds. The fourth-order valence-corrected chi connectivity index (χ4v) is 1.27. The Labute approximate surface area is 82.0 Å². The zero-order valence-electron chi connectivity index (χ0n) is 8.00. The van der Waals surface area contributed by atoms with Crippen LogP contribution in [0, 0.1) is 12.7 Å². The number of aromatic hydroxyl groups is 1. The van der Waals surface area contributed by atoms with Gasteiger partial charge in [0.1, 0.15) is 11.6 Å². The van der Waals surface area contributed by atoms with Gasteiger partial charge in [0, 0.05) is 18.2 Å². The van der Waals surface area contributed by atoms with E-state index in [9.17, 15) is 9.50 Å². The van der Waals surface area contributed by atoms with Crippen LogP contribution in [0.2, 0.25) is 0 Å². The Morgan fingerprint density at radius 3 is 2.71 bits per heavy atom. The van der Waals surface area contributed by atoms with Gasteiger partial charge in [0.05, 0.1) is 0 Å². The molecular formula is C10H14FNO2. The van der Waals surface area contributed by atoms with Gasteiger partial charge in [-0.2, -0.15) is 0 Å². The number of hydrogen-bond donors (Lipinski definition) is 3. The van der Waals surface area contributed by atoms with Crippen LogP contribution in [0.4, 0.5) is 4.39 Å². The summed E-state index contributed by atoms with van der Waals surface area (Å²) in [6.45, 7) is 1.48. The second-order valence-corrected chi connectivity index (χ2v) is 3.28. The Morgan fingerprint density at radius 2 is 2.14 bits per heavy atom. The first kappa shape index (κ1) is 10.9. The van der Waals surface area contributed by atoms with Crippen molar-refractivity contribution in [2.75, 3.05) is 6.61 Å². The van der Waals surface area contributed by atoms with E-state index in [4.69, 9.17) is 10.8 Å². The molecule has 0 bridgehead atoms. The Morgan fingerprint density at radius 1 is 1.50 bits per heavy atom. The number of phenols is 1. The van der Waals surface area contributed by atoms with Gasteiger partial charge in [-0.05, 0) is 31.0 Å². The predicted molar refractivity (Wildman–Crippen MR) is 51.4 cm³/mol. The van der Waals surface area contributed by atoms with Gasteiger partial charge in [-0.3, -0.25) is 0 Å². The predicted octanol–water partition coefficient (Wildman–Crippen LogP) is 1.22.